The highest BCUT2D eigenvalue weighted by molar-refractivity contribution is 7.11. The van der Waals surface area contributed by atoms with Crippen molar-refractivity contribution in [1.82, 2.24) is 4.98 Å². The third kappa shape index (κ3) is 3.82. The molecule has 3 aromatic carbocycles. The van der Waals surface area contributed by atoms with E-state index in [1.165, 1.54) is 16.3 Å². The second kappa shape index (κ2) is 7.95. The molecule has 1 aromatic heterocycles. The molecular weight excluding hydrogens is 364 g/mol. The Morgan fingerprint density at radius 3 is 2.50 bits per heavy atom. The third-order valence-corrected chi connectivity index (χ3v) is 6.15. The maximum Gasteiger partial charge on any atom is 0.232 e. The van der Waals surface area contributed by atoms with Crippen LogP contribution in [-0.4, -0.2) is 17.9 Å². The second-order valence-corrected chi connectivity index (χ2v) is 8.06. The van der Waals surface area contributed by atoms with Gasteiger partial charge < -0.3 is 4.90 Å². The molecule has 4 aromatic rings. The maximum absolute atomic E-state index is 12.7. The van der Waals surface area contributed by atoms with E-state index in [4.69, 9.17) is 4.98 Å². The molecule has 1 amide bonds. The van der Waals surface area contributed by atoms with Crippen LogP contribution in [0.1, 0.15) is 21.1 Å². The number of carbonyl (C=O) groups excluding carboxylic acids is 1. The predicted molar refractivity (Wildman–Crippen MR) is 117 cm³/mol. The van der Waals surface area contributed by atoms with Crippen molar-refractivity contribution >= 4 is 33.7 Å². The predicted octanol–water partition coefficient (Wildman–Crippen LogP) is 5.40. The Labute approximate surface area is 169 Å². The molecule has 0 saturated carbocycles. The Morgan fingerprint density at radius 1 is 0.964 bits per heavy atom. The number of benzene rings is 3. The normalized spacial score (nSPS) is 10.9. The lowest BCUT2D eigenvalue weighted by Gasteiger charge is -2.16. The molecule has 0 bridgehead atoms. The molecule has 140 valence electrons. The number of hydrogen-bond donors (Lipinski definition) is 0. The number of fused-ring (bicyclic) bond motifs is 1. The summed E-state index contributed by atoms with van der Waals surface area (Å²) in [6.07, 6.45) is 1.17. The number of aromatic nitrogens is 1. The first kappa shape index (κ1) is 18.4. The Bertz CT molecular complexity index is 1110. The minimum atomic E-state index is 0.0784. The topological polar surface area (TPSA) is 33.2 Å². The lowest BCUT2D eigenvalue weighted by molar-refractivity contribution is -0.117. The molecule has 0 saturated heterocycles. The number of anilines is 1. The average molecular weight is 387 g/mol. The molecule has 0 spiro atoms. The van der Waals surface area contributed by atoms with Crippen LogP contribution in [0.15, 0.2) is 72.8 Å². The van der Waals surface area contributed by atoms with E-state index < -0.39 is 0 Å². The summed E-state index contributed by atoms with van der Waals surface area (Å²) in [6.45, 7) is 1.99. The molecule has 4 heteroatoms. The van der Waals surface area contributed by atoms with Gasteiger partial charge in [0.05, 0.1) is 17.1 Å². The van der Waals surface area contributed by atoms with Crippen LogP contribution < -0.4 is 4.90 Å². The van der Waals surface area contributed by atoms with E-state index in [1.54, 1.807) is 16.2 Å². The van der Waals surface area contributed by atoms with Crippen LogP contribution in [0.2, 0.25) is 0 Å². The highest BCUT2D eigenvalue weighted by atomic mass is 32.1. The van der Waals surface area contributed by atoms with Crippen LogP contribution in [0.25, 0.3) is 10.8 Å². The zero-order valence-electron chi connectivity index (χ0n) is 16.1. The molecule has 0 radical (unpaired) electrons. The van der Waals surface area contributed by atoms with Crippen LogP contribution in [0.3, 0.4) is 0 Å². The van der Waals surface area contributed by atoms with Gasteiger partial charge in [0, 0.05) is 24.0 Å². The molecule has 3 nitrogen and oxygen atoms in total. The van der Waals surface area contributed by atoms with Crippen LogP contribution in [0, 0.1) is 6.92 Å². The van der Waals surface area contributed by atoms with Gasteiger partial charge in [-0.2, -0.15) is 0 Å². The van der Waals surface area contributed by atoms with Crippen LogP contribution in [-0.2, 0) is 17.6 Å². The molecule has 4 rings (SSSR count). The third-order valence-electron chi connectivity index (χ3n) is 4.99. The summed E-state index contributed by atoms with van der Waals surface area (Å²) in [5, 5.41) is 3.56. The Hall–Kier alpha value is -2.98. The van der Waals surface area contributed by atoms with Crippen molar-refractivity contribution < 1.29 is 4.79 Å². The number of carbonyl (C=O) groups is 1. The highest BCUT2D eigenvalue weighted by Gasteiger charge is 2.16. The Balaban J connectivity index is 1.53. The fourth-order valence-corrected chi connectivity index (χ4v) is 4.47. The van der Waals surface area contributed by atoms with Crippen molar-refractivity contribution in [1.29, 1.82) is 0 Å². The van der Waals surface area contributed by atoms with E-state index in [1.807, 2.05) is 44.3 Å². The van der Waals surface area contributed by atoms with E-state index in [-0.39, 0.29) is 5.91 Å². The number of nitrogens with zero attached hydrogens (tertiary/aromatic N) is 2. The second-order valence-electron chi connectivity index (χ2n) is 6.90. The van der Waals surface area contributed by atoms with Gasteiger partial charge in [-0.3, -0.25) is 4.79 Å². The van der Waals surface area contributed by atoms with Gasteiger partial charge in [0.1, 0.15) is 0 Å². The molecule has 1 heterocycles. The van der Waals surface area contributed by atoms with Crippen molar-refractivity contribution in [2.75, 3.05) is 11.9 Å². The minimum absolute atomic E-state index is 0.0784. The van der Waals surface area contributed by atoms with Crippen LogP contribution >= 0.6 is 11.3 Å². The van der Waals surface area contributed by atoms with Crippen molar-refractivity contribution in [2.24, 2.45) is 0 Å². The van der Waals surface area contributed by atoms with E-state index >= 15 is 0 Å². The van der Waals surface area contributed by atoms with E-state index in [0.717, 1.165) is 27.7 Å². The number of amides is 1. The zero-order chi connectivity index (χ0) is 19.5. The van der Waals surface area contributed by atoms with Gasteiger partial charge in [-0.1, -0.05) is 60.7 Å². The Kier molecular flexibility index (Phi) is 5.22. The SMILES string of the molecule is Cc1nc(Cc2cccc3ccccc23)sc1CC(=O)N(C)c1ccccc1. The summed E-state index contributed by atoms with van der Waals surface area (Å²) >= 11 is 1.65. The van der Waals surface area contributed by atoms with Gasteiger partial charge in [0.15, 0.2) is 0 Å². The number of hydrogen-bond acceptors (Lipinski definition) is 3. The summed E-state index contributed by atoms with van der Waals surface area (Å²) in [4.78, 5) is 20.2. The fraction of sp³-hybridized carbons (Fsp3) is 0.167. The molecule has 28 heavy (non-hydrogen) atoms. The quantitative estimate of drug-likeness (QED) is 0.460. The number of rotatable bonds is 5. The summed E-state index contributed by atoms with van der Waals surface area (Å²) in [5.41, 5.74) is 3.13. The number of thiazole rings is 1. The number of aryl methyl sites for hydroxylation is 1. The summed E-state index contributed by atoms with van der Waals surface area (Å²) in [7, 11) is 1.82. The molecule has 0 fully saturated rings. The summed E-state index contributed by atoms with van der Waals surface area (Å²) in [5.74, 6) is 0.0784. The molecule has 0 atom stereocenters. The average Bonchev–Trinajstić information content (AvgIpc) is 3.07. The maximum atomic E-state index is 12.7. The van der Waals surface area contributed by atoms with E-state index in [0.29, 0.717) is 6.42 Å². The van der Waals surface area contributed by atoms with Gasteiger partial charge >= 0.3 is 0 Å². The first-order valence-electron chi connectivity index (χ1n) is 9.35. The summed E-state index contributed by atoms with van der Waals surface area (Å²) in [6, 6.07) is 24.6. The fourth-order valence-electron chi connectivity index (χ4n) is 3.39. The molecule has 0 aliphatic rings. The molecule has 0 aliphatic carbocycles. The number of likely N-dealkylation sites (N-methyl/N-ethyl adjacent to an activating group) is 1. The first-order chi connectivity index (χ1) is 13.6. The van der Waals surface area contributed by atoms with Crippen molar-refractivity contribution in [3.8, 4) is 0 Å². The molecule has 0 N–H and O–H groups in total. The van der Waals surface area contributed by atoms with Gasteiger partial charge in [-0.15, -0.1) is 11.3 Å². The highest BCUT2D eigenvalue weighted by Crippen LogP contribution is 2.26. The first-order valence-corrected chi connectivity index (χ1v) is 10.2. The molecule has 0 unspecified atom stereocenters. The summed E-state index contributed by atoms with van der Waals surface area (Å²) < 4.78 is 0. The van der Waals surface area contributed by atoms with E-state index in [9.17, 15) is 4.79 Å². The van der Waals surface area contributed by atoms with Gasteiger partial charge in [0.2, 0.25) is 5.91 Å². The lowest BCUT2D eigenvalue weighted by Crippen LogP contribution is -2.27. The van der Waals surface area contributed by atoms with Crippen LogP contribution in [0.5, 0.6) is 0 Å². The van der Waals surface area contributed by atoms with E-state index in [2.05, 4.69) is 42.5 Å². The molecular formula is C24H22N2OS. The van der Waals surface area contributed by atoms with Gasteiger partial charge in [-0.05, 0) is 35.4 Å². The van der Waals surface area contributed by atoms with Crippen LogP contribution in [0.4, 0.5) is 5.69 Å². The van der Waals surface area contributed by atoms with Gasteiger partial charge in [0.25, 0.3) is 0 Å². The molecule has 0 aliphatic heterocycles. The monoisotopic (exact) mass is 386 g/mol. The minimum Gasteiger partial charge on any atom is -0.315 e. The zero-order valence-corrected chi connectivity index (χ0v) is 16.9. The smallest absolute Gasteiger partial charge is 0.232 e. The van der Waals surface area contributed by atoms with Crippen molar-refractivity contribution in [3.63, 3.8) is 0 Å². The van der Waals surface area contributed by atoms with Gasteiger partial charge in [-0.25, -0.2) is 4.98 Å². The van der Waals surface area contributed by atoms with Crippen molar-refractivity contribution in [2.45, 2.75) is 19.8 Å². The lowest BCUT2D eigenvalue weighted by atomic mass is 10.0. The number of para-hydroxylation sites is 1. The largest absolute Gasteiger partial charge is 0.315 e. The Morgan fingerprint density at radius 2 is 1.68 bits per heavy atom. The van der Waals surface area contributed by atoms with Crippen molar-refractivity contribution in [3.05, 3.63) is 93.9 Å². The standard InChI is InChI=1S/C24H22N2OS/c1-17-22(16-24(27)26(2)20-12-4-3-5-13-20)28-23(25-17)15-19-11-8-10-18-9-6-7-14-21(18)19/h3-14H,15-16H2,1-2H3.